The minimum absolute atomic E-state index is 0.0396. The molecule has 2 fully saturated rings. The van der Waals surface area contributed by atoms with Crippen molar-refractivity contribution in [1.29, 1.82) is 0 Å². The van der Waals surface area contributed by atoms with Crippen molar-refractivity contribution < 1.29 is 14.0 Å². The normalized spacial score (nSPS) is 28.4. The van der Waals surface area contributed by atoms with E-state index in [1.807, 2.05) is 0 Å². The van der Waals surface area contributed by atoms with E-state index in [-0.39, 0.29) is 17.7 Å². The maximum atomic E-state index is 12.6. The predicted octanol–water partition coefficient (Wildman–Crippen LogP) is 2.83. The van der Waals surface area contributed by atoms with E-state index >= 15 is 0 Å². The smallest absolute Gasteiger partial charge is 0.257 e. The summed E-state index contributed by atoms with van der Waals surface area (Å²) in [7, 11) is 0. The fourth-order valence-electron chi connectivity index (χ4n) is 3.78. The van der Waals surface area contributed by atoms with Crippen molar-refractivity contribution in [2.24, 2.45) is 11.8 Å². The van der Waals surface area contributed by atoms with Gasteiger partial charge in [0, 0.05) is 19.1 Å². The molecule has 1 saturated heterocycles. The molecule has 0 bridgehead atoms. The molecule has 0 spiro atoms. The standard InChI is InChI=1S/C18H26N2O3/c1-13-5-2-3-7-16(13)19-17(21)14-6-4-9-20(11-14)18(22)15-8-10-23-12-15/h8,10,12-14,16H,2-7,9,11H2,1H3,(H,19,21)/t13-,14-,16-/m1/s1. The van der Waals surface area contributed by atoms with Crippen LogP contribution in [0, 0.1) is 11.8 Å². The van der Waals surface area contributed by atoms with E-state index < -0.39 is 0 Å². The molecule has 5 nitrogen and oxygen atoms in total. The second-order valence-electron chi connectivity index (χ2n) is 6.98. The lowest BCUT2D eigenvalue weighted by atomic mass is 9.85. The van der Waals surface area contributed by atoms with Crippen molar-refractivity contribution in [3.05, 3.63) is 24.2 Å². The van der Waals surface area contributed by atoms with Crippen molar-refractivity contribution in [3.8, 4) is 0 Å². The number of likely N-dealkylation sites (tertiary alicyclic amines) is 1. The van der Waals surface area contributed by atoms with Gasteiger partial charge in [0.05, 0.1) is 17.7 Å². The van der Waals surface area contributed by atoms with Gasteiger partial charge in [0.2, 0.25) is 5.91 Å². The first-order chi connectivity index (χ1) is 11.1. The van der Waals surface area contributed by atoms with Crippen LogP contribution in [0.3, 0.4) is 0 Å². The number of carbonyl (C=O) groups is 2. The molecule has 3 rings (SSSR count). The number of rotatable bonds is 3. The highest BCUT2D eigenvalue weighted by molar-refractivity contribution is 5.94. The molecule has 2 heterocycles. The van der Waals surface area contributed by atoms with Gasteiger partial charge in [-0.25, -0.2) is 0 Å². The monoisotopic (exact) mass is 318 g/mol. The lowest BCUT2D eigenvalue weighted by Crippen LogP contribution is -2.49. The zero-order chi connectivity index (χ0) is 16.2. The SMILES string of the molecule is C[C@@H]1CCCC[C@H]1NC(=O)[C@@H]1CCCN(C(=O)c2ccoc2)C1. The molecular weight excluding hydrogens is 292 g/mol. The van der Waals surface area contributed by atoms with E-state index in [1.54, 1.807) is 11.0 Å². The minimum Gasteiger partial charge on any atom is -0.472 e. The Morgan fingerprint density at radius 1 is 1.22 bits per heavy atom. The van der Waals surface area contributed by atoms with Crippen molar-refractivity contribution >= 4 is 11.8 Å². The van der Waals surface area contributed by atoms with Crippen LogP contribution in [0.25, 0.3) is 0 Å². The van der Waals surface area contributed by atoms with Crippen molar-refractivity contribution in [3.63, 3.8) is 0 Å². The van der Waals surface area contributed by atoms with Crippen LogP contribution in [0.15, 0.2) is 23.0 Å². The highest BCUT2D eigenvalue weighted by atomic mass is 16.3. The third kappa shape index (κ3) is 3.77. The predicted molar refractivity (Wildman–Crippen MR) is 86.9 cm³/mol. The highest BCUT2D eigenvalue weighted by Gasteiger charge is 2.31. The number of hydrogen-bond acceptors (Lipinski definition) is 3. The van der Waals surface area contributed by atoms with Crippen LogP contribution < -0.4 is 5.32 Å². The fourth-order valence-corrected chi connectivity index (χ4v) is 3.78. The first-order valence-electron chi connectivity index (χ1n) is 8.77. The molecule has 1 aromatic rings. The Labute approximate surface area is 137 Å². The number of hydrogen-bond donors (Lipinski definition) is 1. The first kappa shape index (κ1) is 16.1. The van der Waals surface area contributed by atoms with Gasteiger partial charge in [-0.1, -0.05) is 19.8 Å². The molecule has 1 saturated carbocycles. The van der Waals surface area contributed by atoms with Gasteiger partial charge < -0.3 is 14.6 Å². The molecule has 1 aliphatic heterocycles. The molecule has 23 heavy (non-hydrogen) atoms. The van der Waals surface area contributed by atoms with Crippen LogP contribution in [-0.2, 0) is 4.79 Å². The first-order valence-corrected chi connectivity index (χ1v) is 8.77. The Kier molecular flexibility index (Phi) is 5.03. The van der Waals surface area contributed by atoms with E-state index in [4.69, 9.17) is 4.42 Å². The summed E-state index contributed by atoms with van der Waals surface area (Å²) in [5.41, 5.74) is 0.562. The molecule has 1 N–H and O–H groups in total. The number of nitrogens with one attached hydrogen (secondary N) is 1. The van der Waals surface area contributed by atoms with Crippen molar-refractivity contribution in [2.75, 3.05) is 13.1 Å². The van der Waals surface area contributed by atoms with Crippen LogP contribution in [-0.4, -0.2) is 35.8 Å². The molecule has 3 atom stereocenters. The molecule has 126 valence electrons. The number of nitrogens with zero attached hydrogens (tertiary/aromatic N) is 1. The topological polar surface area (TPSA) is 62.6 Å². The van der Waals surface area contributed by atoms with Crippen molar-refractivity contribution in [1.82, 2.24) is 10.2 Å². The molecule has 1 aromatic heterocycles. The Bertz CT molecular complexity index is 540. The van der Waals surface area contributed by atoms with E-state index in [0.29, 0.717) is 30.6 Å². The summed E-state index contributed by atoms with van der Waals surface area (Å²) in [5.74, 6) is 0.546. The Morgan fingerprint density at radius 3 is 2.78 bits per heavy atom. The quantitative estimate of drug-likeness (QED) is 0.932. The molecular formula is C18H26N2O3. The molecule has 0 aromatic carbocycles. The van der Waals surface area contributed by atoms with Gasteiger partial charge in [-0.15, -0.1) is 0 Å². The van der Waals surface area contributed by atoms with Crippen LogP contribution in [0.1, 0.15) is 55.8 Å². The summed E-state index contributed by atoms with van der Waals surface area (Å²) < 4.78 is 4.99. The zero-order valence-electron chi connectivity index (χ0n) is 13.8. The summed E-state index contributed by atoms with van der Waals surface area (Å²) in [6, 6.07) is 1.98. The number of amides is 2. The van der Waals surface area contributed by atoms with Crippen LogP contribution in [0.5, 0.6) is 0 Å². The second-order valence-corrected chi connectivity index (χ2v) is 6.98. The summed E-state index contributed by atoms with van der Waals surface area (Å²) in [4.78, 5) is 26.8. The average molecular weight is 318 g/mol. The summed E-state index contributed by atoms with van der Waals surface area (Å²) in [6.45, 7) is 3.45. The van der Waals surface area contributed by atoms with Gasteiger partial charge in [-0.05, 0) is 37.7 Å². The number of carbonyl (C=O) groups excluding carboxylic acids is 2. The van der Waals surface area contributed by atoms with Crippen LogP contribution in [0.2, 0.25) is 0 Å². The zero-order valence-corrected chi connectivity index (χ0v) is 13.8. The maximum absolute atomic E-state index is 12.6. The van der Waals surface area contributed by atoms with Gasteiger partial charge in [0.1, 0.15) is 6.26 Å². The van der Waals surface area contributed by atoms with E-state index in [2.05, 4.69) is 12.2 Å². The largest absolute Gasteiger partial charge is 0.472 e. The van der Waals surface area contributed by atoms with Gasteiger partial charge in [-0.3, -0.25) is 9.59 Å². The number of furan rings is 1. The molecule has 2 aliphatic rings. The Hall–Kier alpha value is -1.78. The highest BCUT2D eigenvalue weighted by Crippen LogP contribution is 2.25. The molecule has 0 radical (unpaired) electrons. The third-order valence-electron chi connectivity index (χ3n) is 5.29. The van der Waals surface area contributed by atoms with Gasteiger partial charge in [-0.2, -0.15) is 0 Å². The second kappa shape index (κ2) is 7.20. The maximum Gasteiger partial charge on any atom is 0.257 e. The third-order valence-corrected chi connectivity index (χ3v) is 5.29. The Morgan fingerprint density at radius 2 is 2.04 bits per heavy atom. The van der Waals surface area contributed by atoms with E-state index in [1.165, 1.54) is 31.8 Å². The lowest BCUT2D eigenvalue weighted by molar-refractivity contribution is -0.127. The Balaban J connectivity index is 1.57. The summed E-state index contributed by atoms with van der Waals surface area (Å²) in [6.07, 6.45) is 9.46. The van der Waals surface area contributed by atoms with Crippen LogP contribution >= 0.6 is 0 Å². The summed E-state index contributed by atoms with van der Waals surface area (Å²) >= 11 is 0. The minimum atomic E-state index is -0.0891. The average Bonchev–Trinajstić information content (AvgIpc) is 3.11. The van der Waals surface area contributed by atoms with Crippen molar-refractivity contribution in [2.45, 2.75) is 51.5 Å². The molecule has 2 amide bonds. The fraction of sp³-hybridized carbons (Fsp3) is 0.667. The van der Waals surface area contributed by atoms with E-state index in [0.717, 1.165) is 19.3 Å². The van der Waals surface area contributed by atoms with E-state index in [9.17, 15) is 9.59 Å². The summed E-state index contributed by atoms with van der Waals surface area (Å²) in [5, 5.41) is 3.24. The molecule has 0 unspecified atom stereocenters. The molecule has 1 aliphatic carbocycles. The van der Waals surface area contributed by atoms with Crippen LogP contribution in [0.4, 0.5) is 0 Å². The van der Waals surface area contributed by atoms with Gasteiger partial charge >= 0.3 is 0 Å². The van der Waals surface area contributed by atoms with Gasteiger partial charge in [0.15, 0.2) is 0 Å². The number of piperidine rings is 1. The van der Waals surface area contributed by atoms with Gasteiger partial charge in [0.25, 0.3) is 5.91 Å². The molecule has 5 heteroatoms. The lowest BCUT2D eigenvalue weighted by Gasteiger charge is -2.35.